The van der Waals surface area contributed by atoms with Crippen LogP contribution < -0.4 is 15.6 Å². The molecule has 1 heterocycles. The maximum atomic E-state index is 12.7. The molecule has 1 aromatic heterocycles. The van der Waals surface area contributed by atoms with Crippen molar-refractivity contribution in [3.63, 3.8) is 0 Å². The van der Waals surface area contributed by atoms with E-state index in [4.69, 9.17) is 16.3 Å². The van der Waals surface area contributed by atoms with E-state index in [2.05, 4.69) is 15.3 Å². The van der Waals surface area contributed by atoms with Gasteiger partial charge in [-0.3, -0.25) is 9.59 Å². The van der Waals surface area contributed by atoms with Gasteiger partial charge >= 0.3 is 0 Å². The van der Waals surface area contributed by atoms with Crippen molar-refractivity contribution in [3.05, 3.63) is 70.0 Å². The summed E-state index contributed by atoms with van der Waals surface area (Å²) in [7, 11) is 1.59. The van der Waals surface area contributed by atoms with Crippen molar-refractivity contribution in [1.82, 2.24) is 9.97 Å². The highest BCUT2D eigenvalue weighted by Crippen LogP contribution is 2.26. The highest BCUT2D eigenvalue weighted by atomic mass is 35.5. The third kappa shape index (κ3) is 5.62. The molecule has 0 fully saturated rings. The first kappa shape index (κ1) is 21.0. The van der Waals surface area contributed by atoms with E-state index in [0.717, 1.165) is 11.3 Å². The van der Waals surface area contributed by atoms with Crippen LogP contribution >= 0.6 is 23.4 Å². The number of nitrogens with zero attached hydrogens (tertiary/aromatic N) is 1. The first-order chi connectivity index (χ1) is 14.0. The number of carbonyl (C=O) groups excluding carboxylic acids is 1. The maximum absolute atomic E-state index is 12.7. The predicted octanol–water partition coefficient (Wildman–Crippen LogP) is 4.61. The SMILES string of the molecule is CCC(Sc1nc(-c2ccc(OC)cc2)cc(=O)[nH]1)C(=O)Nc1cccc(Cl)c1. The van der Waals surface area contributed by atoms with Crippen LogP contribution in [0.1, 0.15) is 13.3 Å². The summed E-state index contributed by atoms with van der Waals surface area (Å²) < 4.78 is 5.16. The second-order valence-corrected chi connectivity index (χ2v) is 7.81. The molecule has 1 atom stereocenters. The lowest BCUT2D eigenvalue weighted by Crippen LogP contribution is -2.25. The van der Waals surface area contributed by atoms with Crippen molar-refractivity contribution in [2.24, 2.45) is 0 Å². The second-order valence-electron chi connectivity index (χ2n) is 6.18. The number of halogens is 1. The number of hydrogen-bond acceptors (Lipinski definition) is 5. The molecule has 6 nitrogen and oxygen atoms in total. The van der Waals surface area contributed by atoms with Crippen molar-refractivity contribution in [2.75, 3.05) is 12.4 Å². The zero-order chi connectivity index (χ0) is 20.8. The standard InChI is InChI=1S/C21H20ClN3O3S/c1-3-18(20(27)23-15-6-4-5-14(22)11-15)29-21-24-17(12-19(26)25-21)13-7-9-16(28-2)10-8-13/h4-12,18H,3H2,1-2H3,(H,23,27)(H,24,25,26). The van der Waals surface area contributed by atoms with Crippen LogP contribution in [0.5, 0.6) is 5.75 Å². The lowest BCUT2D eigenvalue weighted by atomic mass is 10.1. The van der Waals surface area contributed by atoms with E-state index < -0.39 is 5.25 Å². The van der Waals surface area contributed by atoms with Crippen molar-refractivity contribution >= 4 is 35.0 Å². The molecule has 8 heteroatoms. The summed E-state index contributed by atoms with van der Waals surface area (Å²) in [5.41, 5.74) is 1.66. The highest BCUT2D eigenvalue weighted by Gasteiger charge is 2.20. The highest BCUT2D eigenvalue weighted by molar-refractivity contribution is 8.00. The van der Waals surface area contributed by atoms with Gasteiger partial charge in [0.2, 0.25) is 5.91 Å². The maximum Gasteiger partial charge on any atom is 0.252 e. The van der Waals surface area contributed by atoms with E-state index >= 15 is 0 Å². The lowest BCUT2D eigenvalue weighted by Gasteiger charge is -2.14. The van der Waals surface area contributed by atoms with E-state index in [1.54, 1.807) is 43.5 Å². The molecule has 0 radical (unpaired) electrons. The van der Waals surface area contributed by atoms with Gasteiger partial charge in [0.25, 0.3) is 5.56 Å². The van der Waals surface area contributed by atoms with Crippen LogP contribution in [0.15, 0.2) is 64.5 Å². The van der Waals surface area contributed by atoms with Crippen molar-refractivity contribution < 1.29 is 9.53 Å². The van der Waals surface area contributed by atoms with Crippen LogP contribution in [0.4, 0.5) is 5.69 Å². The number of rotatable bonds is 7. The predicted molar refractivity (Wildman–Crippen MR) is 117 cm³/mol. The van der Waals surface area contributed by atoms with Crippen molar-refractivity contribution in [2.45, 2.75) is 23.8 Å². The fraction of sp³-hybridized carbons (Fsp3) is 0.190. The van der Waals surface area contributed by atoms with Crippen LogP contribution in [0.3, 0.4) is 0 Å². The Labute approximate surface area is 177 Å². The zero-order valence-electron chi connectivity index (χ0n) is 15.9. The molecule has 0 aliphatic heterocycles. The summed E-state index contributed by atoms with van der Waals surface area (Å²) in [5, 5.41) is 3.35. The van der Waals surface area contributed by atoms with Gasteiger partial charge in [-0.2, -0.15) is 0 Å². The van der Waals surface area contributed by atoms with E-state index in [-0.39, 0.29) is 11.5 Å². The number of hydrogen-bond donors (Lipinski definition) is 2. The minimum Gasteiger partial charge on any atom is -0.497 e. The zero-order valence-corrected chi connectivity index (χ0v) is 17.5. The Morgan fingerprint density at radius 3 is 2.66 bits per heavy atom. The van der Waals surface area contributed by atoms with Gasteiger partial charge in [-0.25, -0.2) is 4.98 Å². The summed E-state index contributed by atoms with van der Waals surface area (Å²) in [6, 6.07) is 15.7. The summed E-state index contributed by atoms with van der Waals surface area (Å²) in [4.78, 5) is 32.0. The van der Waals surface area contributed by atoms with Gasteiger partial charge < -0.3 is 15.0 Å². The molecule has 150 valence electrons. The molecule has 1 amide bonds. The van der Waals surface area contributed by atoms with Crippen LogP contribution in [-0.2, 0) is 4.79 Å². The van der Waals surface area contributed by atoms with Gasteiger partial charge in [0.15, 0.2) is 5.16 Å². The molecule has 2 N–H and O–H groups in total. The number of methoxy groups -OCH3 is 1. The van der Waals surface area contributed by atoms with Crippen LogP contribution in [0, 0.1) is 0 Å². The van der Waals surface area contributed by atoms with Crippen molar-refractivity contribution in [3.8, 4) is 17.0 Å². The quantitative estimate of drug-likeness (QED) is 0.423. The number of aromatic amines is 1. The van der Waals surface area contributed by atoms with E-state index in [1.165, 1.54) is 17.8 Å². The van der Waals surface area contributed by atoms with E-state index in [9.17, 15) is 9.59 Å². The first-order valence-electron chi connectivity index (χ1n) is 8.97. The molecule has 29 heavy (non-hydrogen) atoms. The smallest absolute Gasteiger partial charge is 0.252 e. The molecule has 2 aromatic carbocycles. The molecular weight excluding hydrogens is 410 g/mol. The Hall–Kier alpha value is -2.77. The molecule has 0 spiro atoms. The molecule has 3 aromatic rings. The fourth-order valence-corrected chi connectivity index (χ4v) is 3.75. The molecule has 1 unspecified atom stereocenters. The number of nitrogens with one attached hydrogen (secondary N) is 2. The van der Waals surface area contributed by atoms with Gasteiger partial charge in [-0.1, -0.05) is 36.4 Å². The third-order valence-corrected chi connectivity index (χ3v) is 5.60. The monoisotopic (exact) mass is 429 g/mol. The Balaban J connectivity index is 1.79. The molecule has 0 aliphatic carbocycles. The first-order valence-corrected chi connectivity index (χ1v) is 10.2. The van der Waals surface area contributed by atoms with Gasteiger partial charge in [0.1, 0.15) is 5.75 Å². The number of ether oxygens (including phenoxy) is 1. The minimum atomic E-state index is -0.428. The summed E-state index contributed by atoms with van der Waals surface area (Å²) in [6.45, 7) is 1.90. The van der Waals surface area contributed by atoms with E-state index in [0.29, 0.717) is 28.0 Å². The summed E-state index contributed by atoms with van der Waals surface area (Å²) in [5.74, 6) is 0.536. The minimum absolute atomic E-state index is 0.183. The van der Waals surface area contributed by atoms with E-state index in [1.807, 2.05) is 19.1 Å². The molecular formula is C21H20ClN3O3S. The number of thioether (sulfide) groups is 1. The number of carbonyl (C=O) groups is 1. The third-order valence-electron chi connectivity index (χ3n) is 4.11. The molecule has 0 saturated carbocycles. The van der Waals surface area contributed by atoms with Gasteiger partial charge in [0, 0.05) is 22.3 Å². The van der Waals surface area contributed by atoms with Crippen LogP contribution in [0.25, 0.3) is 11.3 Å². The number of H-pyrrole nitrogens is 1. The van der Waals surface area contributed by atoms with Gasteiger partial charge in [-0.15, -0.1) is 0 Å². The summed E-state index contributed by atoms with van der Waals surface area (Å²) >= 11 is 7.18. The van der Waals surface area contributed by atoms with Crippen LogP contribution in [-0.4, -0.2) is 28.2 Å². The van der Waals surface area contributed by atoms with Crippen LogP contribution in [0.2, 0.25) is 5.02 Å². The molecule has 0 aliphatic rings. The summed E-state index contributed by atoms with van der Waals surface area (Å²) in [6.07, 6.45) is 0.563. The average Bonchev–Trinajstić information content (AvgIpc) is 2.71. The number of benzene rings is 2. The topological polar surface area (TPSA) is 84.1 Å². The average molecular weight is 430 g/mol. The number of aromatic nitrogens is 2. The van der Waals surface area contributed by atoms with Crippen molar-refractivity contribution in [1.29, 1.82) is 0 Å². The lowest BCUT2D eigenvalue weighted by molar-refractivity contribution is -0.115. The number of amides is 1. The van der Waals surface area contributed by atoms with Gasteiger partial charge in [-0.05, 0) is 48.9 Å². The van der Waals surface area contributed by atoms with Gasteiger partial charge in [0.05, 0.1) is 18.1 Å². The Morgan fingerprint density at radius 2 is 2.00 bits per heavy atom. The second kappa shape index (κ2) is 9.62. The molecule has 0 bridgehead atoms. The Kier molecular flexibility index (Phi) is 6.95. The Morgan fingerprint density at radius 1 is 1.24 bits per heavy atom. The fourth-order valence-electron chi connectivity index (χ4n) is 2.65. The largest absolute Gasteiger partial charge is 0.497 e. The number of anilines is 1. The Bertz CT molecular complexity index is 1050. The normalized spacial score (nSPS) is 11.7. The molecule has 3 rings (SSSR count). The molecule has 0 saturated heterocycles.